The van der Waals surface area contributed by atoms with E-state index in [-0.39, 0.29) is 11.4 Å². The smallest absolute Gasteiger partial charge is 0.132 e. The summed E-state index contributed by atoms with van der Waals surface area (Å²) in [5, 5.41) is 18.8. The van der Waals surface area contributed by atoms with Crippen molar-refractivity contribution >= 4 is 11.6 Å². The van der Waals surface area contributed by atoms with Crippen molar-refractivity contribution in [2.24, 2.45) is 0 Å². The van der Waals surface area contributed by atoms with Crippen molar-refractivity contribution < 1.29 is 19.3 Å². The number of aliphatic hydroxyl groups excluding tert-OH is 2. The van der Waals surface area contributed by atoms with Gasteiger partial charge in [0.15, 0.2) is 0 Å². The molecule has 0 aromatic heterocycles. The molecule has 0 aliphatic rings. The lowest BCUT2D eigenvalue weighted by atomic mass is 10.0. The molecule has 0 fully saturated rings. The largest absolute Gasteiger partial charge is 0.497 e. The van der Waals surface area contributed by atoms with Gasteiger partial charge in [-0.05, 0) is 12.1 Å². The van der Waals surface area contributed by atoms with Gasteiger partial charge in [-0.15, -0.1) is 11.6 Å². The Morgan fingerprint density at radius 2 is 2.13 bits per heavy atom. The van der Waals surface area contributed by atoms with Gasteiger partial charge in [0.25, 0.3) is 0 Å². The van der Waals surface area contributed by atoms with Crippen molar-refractivity contribution in [1.82, 2.24) is 0 Å². The summed E-state index contributed by atoms with van der Waals surface area (Å²) in [6, 6.07) is 4.00. The molecule has 0 spiro atoms. The average molecular weight is 235 g/mol. The molecule has 3 nitrogen and oxygen atoms in total. The van der Waals surface area contributed by atoms with E-state index in [2.05, 4.69) is 0 Å². The first-order chi connectivity index (χ1) is 7.10. The molecule has 1 aromatic carbocycles. The number of hydrogen-bond acceptors (Lipinski definition) is 3. The second kappa shape index (κ2) is 5.30. The zero-order valence-corrected chi connectivity index (χ0v) is 8.91. The van der Waals surface area contributed by atoms with Crippen LogP contribution in [-0.4, -0.2) is 29.3 Å². The lowest BCUT2D eigenvalue weighted by Gasteiger charge is -2.16. The van der Waals surface area contributed by atoms with Crippen LogP contribution in [0, 0.1) is 5.82 Å². The van der Waals surface area contributed by atoms with Gasteiger partial charge in [0.05, 0.1) is 19.1 Å². The van der Waals surface area contributed by atoms with Crippen LogP contribution in [0.5, 0.6) is 5.75 Å². The molecule has 0 heterocycles. The van der Waals surface area contributed by atoms with E-state index < -0.39 is 18.0 Å². The van der Waals surface area contributed by atoms with Crippen molar-refractivity contribution in [2.75, 3.05) is 13.0 Å². The van der Waals surface area contributed by atoms with Crippen molar-refractivity contribution in [3.8, 4) is 5.75 Å². The predicted octanol–water partition coefficient (Wildman–Crippen LogP) is 1.47. The van der Waals surface area contributed by atoms with Gasteiger partial charge in [0.2, 0.25) is 0 Å². The van der Waals surface area contributed by atoms with E-state index in [1.165, 1.54) is 19.2 Å². The highest BCUT2D eigenvalue weighted by molar-refractivity contribution is 6.18. The lowest BCUT2D eigenvalue weighted by Crippen LogP contribution is -2.20. The summed E-state index contributed by atoms with van der Waals surface area (Å²) in [5.41, 5.74) is 0.00366. The molecule has 0 amide bonds. The van der Waals surface area contributed by atoms with E-state index in [0.717, 1.165) is 6.07 Å². The molecule has 15 heavy (non-hydrogen) atoms. The van der Waals surface area contributed by atoms with Crippen LogP contribution in [0.3, 0.4) is 0 Å². The van der Waals surface area contributed by atoms with Crippen molar-refractivity contribution in [3.63, 3.8) is 0 Å². The third-order valence-corrected chi connectivity index (χ3v) is 2.37. The number of methoxy groups -OCH3 is 1. The van der Waals surface area contributed by atoms with Crippen LogP contribution in [-0.2, 0) is 0 Å². The topological polar surface area (TPSA) is 49.7 Å². The van der Waals surface area contributed by atoms with Gasteiger partial charge in [-0.1, -0.05) is 0 Å². The third-order valence-electron chi connectivity index (χ3n) is 2.05. The van der Waals surface area contributed by atoms with Crippen LogP contribution >= 0.6 is 11.6 Å². The van der Waals surface area contributed by atoms with Crippen LogP contribution < -0.4 is 4.74 Å². The zero-order valence-electron chi connectivity index (χ0n) is 8.15. The van der Waals surface area contributed by atoms with E-state index in [4.69, 9.17) is 16.3 Å². The third kappa shape index (κ3) is 2.81. The Hall–Kier alpha value is -0.840. The highest BCUT2D eigenvalue weighted by Crippen LogP contribution is 2.24. The Bertz CT molecular complexity index is 332. The molecular formula is C10H12ClFO3. The number of aliphatic hydroxyl groups is 2. The van der Waals surface area contributed by atoms with Gasteiger partial charge in [0, 0.05) is 11.6 Å². The van der Waals surface area contributed by atoms with E-state index in [9.17, 15) is 14.6 Å². The molecule has 0 radical (unpaired) electrons. The minimum Gasteiger partial charge on any atom is -0.497 e. The SMILES string of the molecule is COc1ccc(C(O)C(O)CCl)c(F)c1. The molecule has 84 valence electrons. The first-order valence-corrected chi connectivity index (χ1v) is 4.89. The summed E-state index contributed by atoms with van der Waals surface area (Å²) < 4.78 is 18.2. The van der Waals surface area contributed by atoms with E-state index >= 15 is 0 Å². The number of benzene rings is 1. The maximum absolute atomic E-state index is 13.4. The molecule has 1 rings (SSSR count). The standard InChI is InChI=1S/C10H12ClFO3/c1-15-6-2-3-7(8(12)4-6)10(14)9(13)5-11/h2-4,9-10,13-14H,5H2,1H3. The number of rotatable bonds is 4. The quantitative estimate of drug-likeness (QED) is 0.776. The molecule has 0 aliphatic heterocycles. The summed E-state index contributed by atoms with van der Waals surface area (Å²) in [4.78, 5) is 0. The van der Waals surface area contributed by atoms with Gasteiger partial charge in [-0.2, -0.15) is 0 Å². The minimum absolute atomic E-state index is 0.00366. The Morgan fingerprint density at radius 1 is 1.47 bits per heavy atom. The molecule has 0 saturated carbocycles. The maximum Gasteiger partial charge on any atom is 0.132 e. The molecule has 2 N–H and O–H groups in total. The second-order valence-corrected chi connectivity index (χ2v) is 3.36. The molecule has 5 heteroatoms. The Kier molecular flexibility index (Phi) is 4.32. The van der Waals surface area contributed by atoms with Crippen molar-refractivity contribution in [2.45, 2.75) is 12.2 Å². The van der Waals surface area contributed by atoms with Gasteiger partial charge >= 0.3 is 0 Å². The number of ether oxygens (including phenoxy) is 1. The van der Waals surface area contributed by atoms with Crippen LogP contribution in [0.15, 0.2) is 18.2 Å². The molecule has 0 aliphatic carbocycles. The molecule has 0 bridgehead atoms. The minimum atomic E-state index is -1.33. The summed E-state index contributed by atoms with van der Waals surface area (Å²) in [7, 11) is 1.42. The fraction of sp³-hybridized carbons (Fsp3) is 0.400. The van der Waals surface area contributed by atoms with Gasteiger partial charge in [-0.3, -0.25) is 0 Å². The second-order valence-electron chi connectivity index (χ2n) is 3.05. The predicted molar refractivity (Wildman–Crippen MR) is 54.6 cm³/mol. The summed E-state index contributed by atoms with van der Waals surface area (Å²) in [5.74, 6) is -0.443. The number of halogens is 2. The average Bonchev–Trinajstić information content (AvgIpc) is 2.26. The Morgan fingerprint density at radius 3 is 2.60 bits per heavy atom. The molecule has 2 unspecified atom stereocenters. The summed E-state index contributed by atoms with van der Waals surface area (Å²) >= 11 is 5.35. The van der Waals surface area contributed by atoms with E-state index in [1.807, 2.05) is 0 Å². The van der Waals surface area contributed by atoms with E-state index in [0.29, 0.717) is 5.75 Å². The number of alkyl halides is 1. The Labute approximate surface area is 92.1 Å². The van der Waals surface area contributed by atoms with Crippen LogP contribution in [0.2, 0.25) is 0 Å². The normalized spacial score (nSPS) is 14.7. The highest BCUT2D eigenvalue weighted by atomic mass is 35.5. The Balaban J connectivity index is 2.95. The summed E-state index contributed by atoms with van der Waals surface area (Å²) in [6.45, 7) is 0. The molecule has 0 saturated heterocycles. The van der Waals surface area contributed by atoms with Crippen LogP contribution in [0.1, 0.15) is 11.7 Å². The summed E-state index contributed by atoms with van der Waals surface area (Å²) in [6.07, 6.45) is -2.51. The zero-order chi connectivity index (χ0) is 11.4. The van der Waals surface area contributed by atoms with Crippen LogP contribution in [0.25, 0.3) is 0 Å². The first kappa shape index (κ1) is 12.2. The highest BCUT2D eigenvalue weighted by Gasteiger charge is 2.20. The van der Waals surface area contributed by atoms with Crippen LogP contribution in [0.4, 0.5) is 4.39 Å². The lowest BCUT2D eigenvalue weighted by molar-refractivity contribution is 0.0304. The van der Waals surface area contributed by atoms with Crippen molar-refractivity contribution in [1.29, 1.82) is 0 Å². The maximum atomic E-state index is 13.4. The van der Waals surface area contributed by atoms with E-state index in [1.54, 1.807) is 0 Å². The fourth-order valence-electron chi connectivity index (χ4n) is 1.17. The monoisotopic (exact) mass is 234 g/mol. The first-order valence-electron chi connectivity index (χ1n) is 4.35. The van der Waals surface area contributed by atoms with Crippen molar-refractivity contribution in [3.05, 3.63) is 29.6 Å². The van der Waals surface area contributed by atoms with Gasteiger partial charge in [0.1, 0.15) is 17.7 Å². The van der Waals surface area contributed by atoms with Gasteiger partial charge < -0.3 is 14.9 Å². The van der Waals surface area contributed by atoms with Gasteiger partial charge in [-0.25, -0.2) is 4.39 Å². The molecule has 2 atom stereocenters. The fourth-order valence-corrected chi connectivity index (χ4v) is 1.34. The molecule has 1 aromatic rings. The molecular weight excluding hydrogens is 223 g/mol. The number of hydrogen-bond donors (Lipinski definition) is 2.